The summed E-state index contributed by atoms with van der Waals surface area (Å²) >= 11 is 0. The van der Waals surface area contributed by atoms with Gasteiger partial charge in [0.15, 0.2) is 5.03 Å². The van der Waals surface area contributed by atoms with Crippen LogP contribution >= 0.6 is 0 Å². The minimum absolute atomic E-state index is 0.0464. The van der Waals surface area contributed by atoms with Gasteiger partial charge in [0.2, 0.25) is 0 Å². The fourth-order valence-electron chi connectivity index (χ4n) is 1.54. The molecule has 20 heavy (non-hydrogen) atoms. The smallest absolute Gasteiger partial charge is 0.281 e. The molecule has 0 radical (unpaired) electrons. The maximum Gasteiger partial charge on any atom is 0.281 e. The lowest BCUT2D eigenvalue weighted by atomic mass is 10.2. The Morgan fingerprint density at radius 2 is 2.05 bits per heavy atom. The van der Waals surface area contributed by atoms with E-state index in [-0.39, 0.29) is 16.4 Å². The number of hydrogen-bond acceptors (Lipinski definition) is 5. The van der Waals surface area contributed by atoms with E-state index in [1.54, 1.807) is 6.07 Å². The van der Waals surface area contributed by atoms with Crippen molar-refractivity contribution in [2.24, 2.45) is 0 Å². The first-order valence-electron chi connectivity index (χ1n) is 5.37. The minimum Gasteiger partial charge on any atom is -0.396 e. The number of pyridine rings is 1. The first kappa shape index (κ1) is 13.8. The number of rotatable bonds is 3. The number of nitrogens with one attached hydrogen (secondary N) is 1. The number of nitrogens with two attached hydrogens (primary N) is 1. The summed E-state index contributed by atoms with van der Waals surface area (Å²) in [7, 11) is -4.10. The van der Waals surface area contributed by atoms with E-state index in [0.717, 1.165) is 6.07 Å². The average Bonchev–Trinajstić information content (AvgIpc) is 2.39. The van der Waals surface area contributed by atoms with Crippen molar-refractivity contribution >= 4 is 21.4 Å². The Hall–Kier alpha value is -2.66. The number of nitrogen functional groups attached to an aromatic ring is 1. The zero-order valence-electron chi connectivity index (χ0n) is 10.0. The highest BCUT2D eigenvalue weighted by molar-refractivity contribution is 7.92. The quantitative estimate of drug-likeness (QED) is 0.890. The molecule has 0 aliphatic carbocycles. The van der Waals surface area contributed by atoms with E-state index >= 15 is 0 Å². The van der Waals surface area contributed by atoms with Crippen LogP contribution in [-0.2, 0) is 10.0 Å². The Morgan fingerprint density at radius 3 is 2.70 bits per heavy atom. The van der Waals surface area contributed by atoms with Gasteiger partial charge in [-0.05, 0) is 24.3 Å². The summed E-state index contributed by atoms with van der Waals surface area (Å²) in [4.78, 5) is 3.67. The number of hydrogen-bond donors (Lipinski definition) is 2. The number of nitrogens with zero attached hydrogens (tertiary/aromatic N) is 2. The molecule has 1 heterocycles. The molecule has 0 fully saturated rings. The molecule has 6 nitrogen and oxygen atoms in total. The number of nitriles is 1. The molecule has 0 saturated heterocycles. The van der Waals surface area contributed by atoms with E-state index < -0.39 is 21.4 Å². The van der Waals surface area contributed by atoms with Crippen molar-refractivity contribution in [1.82, 2.24) is 4.98 Å². The van der Waals surface area contributed by atoms with Crippen LogP contribution < -0.4 is 10.5 Å². The molecule has 3 N–H and O–H groups in total. The first-order valence-corrected chi connectivity index (χ1v) is 6.86. The van der Waals surface area contributed by atoms with Crippen LogP contribution in [0.15, 0.2) is 41.6 Å². The predicted molar refractivity (Wildman–Crippen MR) is 70.6 cm³/mol. The fraction of sp³-hybridized carbons (Fsp3) is 0. The van der Waals surface area contributed by atoms with Gasteiger partial charge >= 0.3 is 0 Å². The van der Waals surface area contributed by atoms with Crippen molar-refractivity contribution in [3.8, 4) is 6.07 Å². The Labute approximate surface area is 114 Å². The van der Waals surface area contributed by atoms with Crippen LogP contribution in [0, 0.1) is 17.1 Å². The summed E-state index contributed by atoms with van der Waals surface area (Å²) in [6.45, 7) is 0. The van der Waals surface area contributed by atoms with Crippen molar-refractivity contribution < 1.29 is 12.8 Å². The van der Waals surface area contributed by atoms with E-state index in [9.17, 15) is 12.8 Å². The first-order chi connectivity index (χ1) is 9.45. The molecule has 2 aromatic rings. The van der Waals surface area contributed by atoms with Crippen molar-refractivity contribution in [3.05, 3.63) is 47.9 Å². The third kappa shape index (κ3) is 2.53. The van der Waals surface area contributed by atoms with Gasteiger partial charge in [0.1, 0.15) is 17.4 Å². The molecule has 0 atom stereocenters. The predicted octanol–water partition coefficient (Wildman–Crippen LogP) is 1.48. The Kier molecular flexibility index (Phi) is 3.54. The lowest BCUT2D eigenvalue weighted by Crippen LogP contribution is -2.17. The molecule has 2 rings (SSSR count). The lowest BCUT2D eigenvalue weighted by Gasteiger charge is -2.10. The molecule has 0 aliphatic heterocycles. The average molecular weight is 292 g/mol. The van der Waals surface area contributed by atoms with E-state index in [4.69, 9.17) is 11.0 Å². The summed E-state index contributed by atoms with van der Waals surface area (Å²) in [5.41, 5.74) is 4.93. The van der Waals surface area contributed by atoms with Crippen molar-refractivity contribution in [2.45, 2.75) is 5.03 Å². The van der Waals surface area contributed by atoms with Crippen LogP contribution in [0.1, 0.15) is 5.56 Å². The standard InChI is InChI=1S/C12H9FN4O2S/c13-9-3-1-5-11(8(9)7-14)17-20(18,19)12-10(15)4-2-6-16-12/h1-6,17H,15H2. The summed E-state index contributed by atoms with van der Waals surface area (Å²) < 4.78 is 39.7. The third-order valence-corrected chi connectivity index (χ3v) is 3.76. The molecule has 0 unspecified atom stereocenters. The Bertz CT molecular complexity index is 799. The van der Waals surface area contributed by atoms with Crippen molar-refractivity contribution in [3.63, 3.8) is 0 Å². The molecule has 0 aliphatic rings. The van der Waals surface area contributed by atoms with E-state index in [0.29, 0.717) is 0 Å². The number of sulfonamides is 1. The molecule has 0 amide bonds. The van der Waals surface area contributed by atoms with Crippen LogP contribution in [0.25, 0.3) is 0 Å². The lowest BCUT2D eigenvalue weighted by molar-refractivity contribution is 0.598. The number of halogens is 1. The Morgan fingerprint density at radius 1 is 1.30 bits per heavy atom. The van der Waals surface area contributed by atoms with Crippen LogP contribution in [0.4, 0.5) is 15.8 Å². The number of anilines is 2. The zero-order chi connectivity index (χ0) is 14.8. The normalized spacial score (nSPS) is 10.8. The fourth-order valence-corrected chi connectivity index (χ4v) is 2.68. The van der Waals surface area contributed by atoms with E-state index in [2.05, 4.69) is 9.71 Å². The third-order valence-electron chi connectivity index (χ3n) is 2.42. The summed E-state index contributed by atoms with van der Waals surface area (Å²) in [6, 6.07) is 8.08. The topological polar surface area (TPSA) is 109 Å². The Balaban J connectivity index is 2.48. The second-order valence-corrected chi connectivity index (χ2v) is 5.38. The van der Waals surface area contributed by atoms with Gasteiger partial charge in [0, 0.05) is 6.20 Å². The van der Waals surface area contributed by atoms with Gasteiger partial charge in [-0.25, -0.2) is 9.37 Å². The van der Waals surface area contributed by atoms with Crippen LogP contribution in [0.5, 0.6) is 0 Å². The highest BCUT2D eigenvalue weighted by Gasteiger charge is 2.21. The molecule has 0 spiro atoms. The summed E-state index contributed by atoms with van der Waals surface area (Å²) in [5, 5.41) is 8.47. The largest absolute Gasteiger partial charge is 0.396 e. The number of aromatic nitrogens is 1. The van der Waals surface area contributed by atoms with Crippen LogP contribution in [0.2, 0.25) is 0 Å². The van der Waals surface area contributed by atoms with Crippen molar-refractivity contribution in [1.29, 1.82) is 5.26 Å². The van der Waals surface area contributed by atoms with Gasteiger partial charge in [0.05, 0.1) is 11.4 Å². The van der Waals surface area contributed by atoms with Gasteiger partial charge in [-0.3, -0.25) is 4.72 Å². The van der Waals surface area contributed by atoms with E-state index in [1.165, 1.54) is 30.5 Å². The summed E-state index contributed by atoms with van der Waals surface area (Å²) in [6.07, 6.45) is 1.27. The highest BCUT2D eigenvalue weighted by atomic mass is 32.2. The molecule has 0 bridgehead atoms. The molecule has 0 saturated carbocycles. The van der Waals surface area contributed by atoms with Gasteiger partial charge in [-0.1, -0.05) is 6.07 Å². The van der Waals surface area contributed by atoms with Gasteiger partial charge in [-0.2, -0.15) is 13.7 Å². The van der Waals surface area contributed by atoms with Crippen molar-refractivity contribution in [2.75, 3.05) is 10.5 Å². The monoisotopic (exact) mass is 292 g/mol. The zero-order valence-corrected chi connectivity index (χ0v) is 10.9. The van der Waals surface area contributed by atoms with Crippen LogP contribution in [-0.4, -0.2) is 13.4 Å². The van der Waals surface area contributed by atoms with Gasteiger partial charge < -0.3 is 5.73 Å². The molecule has 1 aromatic heterocycles. The SMILES string of the molecule is N#Cc1c(F)cccc1NS(=O)(=O)c1ncccc1N. The maximum atomic E-state index is 13.4. The molecule has 102 valence electrons. The maximum absolute atomic E-state index is 13.4. The second kappa shape index (κ2) is 5.14. The second-order valence-electron chi connectivity index (χ2n) is 3.78. The summed E-state index contributed by atoms with van der Waals surface area (Å²) in [5.74, 6) is -0.818. The minimum atomic E-state index is -4.10. The molecule has 8 heteroatoms. The molecule has 1 aromatic carbocycles. The molecular formula is C12H9FN4O2S. The van der Waals surface area contributed by atoms with E-state index in [1.807, 2.05) is 0 Å². The number of benzene rings is 1. The highest BCUT2D eigenvalue weighted by Crippen LogP contribution is 2.23. The molecular weight excluding hydrogens is 283 g/mol. The van der Waals surface area contributed by atoms with Gasteiger partial charge in [0.25, 0.3) is 10.0 Å². The van der Waals surface area contributed by atoms with Crippen LogP contribution in [0.3, 0.4) is 0 Å². The van der Waals surface area contributed by atoms with Gasteiger partial charge in [-0.15, -0.1) is 0 Å².